The van der Waals surface area contributed by atoms with Crippen molar-refractivity contribution in [1.82, 2.24) is 9.97 Å². The van der Waals surface area contributed by atoms with Crippen molar-refractivity contribution in [2.45, 2.75) is 17.3 Å². The number of thioether (sulfide) groups is 1. The third-order valence-corrected chi connectivity index (χ3v) is 5.21. The van der Waals surface area contributed by atoms with Crippen molar-refractivity contribution in [2.24, 2.45) is 0 Å². The van der Waals surface area contributed by atoms with Crippen LogP contribution in [0.15, 0.2) is 58.5 Å². The fraction of sp³-hybridized carbons (Fsp3) is 0.158. The minimum absolute atomic E-state index is 0.122. The van der Waals surface area contributed by atoms with Crippen LogP contribution in [0.5, 0.6) is 0 Å². The first kappa shape index (κ1) is 19.0. The van der Waals surface area contributed by atoms with Gasteiger partial charge in [-0.1, -0.05) is 59.2 Å². The number of aromatic amines is 1. The molecule has 134 valence electrons. The van der Waals surface area contributed by atoms with Gasteiger partial charge in [-0.2, -0.15) is 0 Å². The Balaban J connectivity index is 1.92. The summed E-state index contributed by atoms with van der Waals surface area (Å²) < 4.78 is 0. The van der Waals surface area contributed by atoms with E-state index in [0.29, 0.717) is 32.2 Å². The number of rotatable bonds is 6. The van der Waals surface area contributed by atoms with Gasteiger partial charge in [0.2, 0.25) is 0 Å². The number of hydrogen-bond acceptors (Lipinski definition) is 4. The van der Waals surface area contributed by atoms with Gasteiger partial charge < -0.3 is 10.1 Å². The molecule has 0 aliphatic heterocycles. The van der Waals surface area contributed by atoms with Gasteiger partial charge >= 0.3 is 0 Å². The van der Waals surface area contributed by atoms with Crippen LogP contribution in [0.4, 0.5) is 0 Å². The number of aliphatic hydroxyl groups is 1. The summed E-state index contributed by atoms with van der Waals surface area (Å²) in [5.41, 5.74) is 2.66. The summed E-state index contributed by atoms with van der Waals surface area (Å²) in [5, 5.41) is 11.1. The lowest BCUT2D eigenvalue weighted by Gasteiger charge is -2.10. The molecule has 0 amide bonds. The van der Waals surface area contributed by atoms with E-state index < -0.39 is 0 Å². The Kier molecular flexibility index (Phi) is 6.38. The van der Waals surface area contributed by atoms with Gasteiger partial charge in [-0.3, -0.25) is 4.79 Å². The number of benzene rings is 2. The minimum Gasteiger partial charge on any atom is -0.396 e. The summed E-state index contributed by atoms with van der Waals surface area (Å²) in [6.07, 6.45) is 0.239. The lowest BCUT2D eigenvalue weighted by molar-refractivity contribution is 0.299. The molecule has 4 nitrogen and oxygen atoms in total. The van der Waals surface area contributed by atoms with E-state index in [1.165, 1.54) is 11.8 Å². The van der Waals surface area contributed by atoms with Crippen LogP contribution in [0.3, 0.4) is 0 Å². The zero-order valence-electron chi connectivity index (χ0n) is 13.7. The van der Waals surface area contributed by atoms with Gasteiger partial charge in [0.25, 0.3) is 5.56 Å². The molecule has 0 saturated heterocycles. The van der Waals surface area contributed by atoms with Crippen molar-refractivity contribution in [2.75, 3.05) is 6.61 Å². The van der Waals surface area contributed by atoms with E-state index in [1.54, 1.807) is 12.1 Å². The molecule has 2 aromatic carbocycles. The van der Waals surface area contributed by atoms with Crippen LogP contribution in [-0.4, -0.2) is 21.7 Å². The van der Waals surface area contributed by atoms with Crippen molar-refractivity contribution in [3.8, 4) is 11.3 Å². The standard InChI is InChI=1S/C19H16Cl2N2O2S/c20-14-5-1-12(2-6-14)11-26-19-22-17(13-3-7-15(21)8-4-13)16(9-10-24)18(25)23-19/h1-8,24H,9-11H2,(H,22,23,25). The van der Waals surface area contributed by atoms with E-state index in [2.05, 4.69) is 9.97 Å². The van der Waals surface area contributed by atoms with Crippen molar-refractivity contribution in [1.29, 1.82) is 0 Å². The van der Waals surface area contributed by atoms with Crippen molar-refractivity contribution >= 4 is 35.0 Å². The molecule has 0 spiro atoms. The largest absolute Gasteiger partial charge is 0.396 e. The maximum atomic E-state index is 12.5. The van der Waals surface area contributed by atoms with E-state index in [9.17, 15) is 9.90 Å². The smallest absolute Gasteiger partial charge is 0.255 e. The number of aromatic nitrogens is 2. The predicted molar refractivity (Wildman–Crippen MR) is 107 cm³/mol. The van der Waals surface area contributed by atoms with E-state index in [0.717, 1.165) is 11.1 Å². The molecule has 0 fully saturated rings. The highest BCUT2D eigenvalue weighted by molar-refractivity contribution is 7.98. The van der Waals surface area contributed by atoms with Gasteiger partial charge in [0.1, 0.15) is 0 Å². The molecule has 0 saturated carbocycles. The first-order valence-corrected chi connectivity index (χ1v) is 9.68. The molecule has 3 aromatic rings. The first-order valence-electron chi connectivity index (χ1n) is 7.94. The molecule has 0 unspecified atom stereocenters. The number of aliphatic hydroxyl groups excluding tert-OH is 1. The topological polar surface area (TPSA) is 66.0 Å². The molecule has 7 heteroatoms. The number of nitrogens with zero attached hydrogens (tertiary/aromatic N) is 1. The van der Waals surface area contributed by atoms with E-state index in [4.69, 9.17) is 23.2 Å². The van der Waals surface area contributed by atoms with Gasteiger partial charge in [0, 0.05) is 40.0 Å². The third-order valence-electron chi connectivity index (χ3n) is 3.76. The van der Waals surface area contributed by atoms with E-state index >= 15 is 0 Å². The Morgan fingerprint density at radius 3 is 2.23 bits per heavy atom. The fourth-order valence-corrected chi connectivity index (χ4v) is 3.54. The van der Waals surface area contributed by atoms with Crippen molar-refractivity contribution in [3.05, 3.63) is 80.1 Å². The van der Waals surface area contributed by atoms with Crippen LogP contribution < -0.4 is 5.56 Å². The molecule has 0 atom stereocenters. The molecule has 26 heavy (non-hydrogen) atoms. The fourth-order valence-electron chi connectivity index (χ4n) is 2.47. The van der Waals surface area contributed by atoms with Gasteiger partial charge in [-0.05, 0) is 29.8 Å². The SMILES string of the molecule is O=c1[nH]c(SCc2ccc(Cl)cc2)nc(-c2ccc(Cl)cc2)c1CCO. The highest BCUT2D eigenvalue weighted by Crippen LogP contribution is 2.26. The van der Waals surface area contributed by atoms with Gasteiger partial charge in [-0.25, -0.2) is 4.98 Å². The summed E-state index contributed by atoms with van der Waals surface area (Å²) in [6, 6.07) is 14.7. The molecule has 0 aliphatic carbocycles. The van der Waals surface area contributed by atoms with Crippen LogP contribution in [0.2, 0.25) is 10.0 Å². The number of H-pyrrole nitrogens is 1. The zero-order chi connectivity index (χ0) is 18.5. The van der Waals surface area contributed by atoms with E-state index in [1.807, 2.05) is 36.4 Å². The van der Waals surface area contributed by atoms with Crippen LogP contribution in [0, 0.1) is 0 Å². The maximum Gasteiger partial charge on any atom is 0.255 e. The molecule has 1 heterocycles. The van der Waals surface area contributed by atoms with Crippen molar-refractivity contribution in [3.63, 3.8) is 0 Å². The second-order valence-corrected chi connectivity index (χ2v) is 7.43. The summed E-state index contributed by atoms with van der Waals surface area (Å²) >= 11 is 13.3. The average Bonchev–Trinajstić information content (AvgIpc) is 2.64. The normalized spacial score (nSPS) is 10.9. The first-order chi connectivity index (χ1) is 12.6. The monoisotopic (exact) mass is 406 g/mol. The Morgan fingerprint density at radius 2 is 1.62 bits per heavy atom. The van der Waals surface area contributed by atoms with Crippen molar-refractivity contribution < 1.29 is 5.11 Å². The number of nitrogens with one attached hydrogen (secondary N) is 1. The van der Waals surface area contributed by atoms with Gasteiger partial charge in [-0.15, -0.1) is 0 Å². The Morgan fingerprint density at radius 1 is 1.00 bits per heavy atom. The molecule has 1 aromatic heterocycles. The zero-order valence-corrected chi connectivity index (χ0v) is 16.0. The second kappa shape index (κ2) is 8.73. The highest BCUT2D eigenvalue weighted by Gasteiger charge is 2.13. The minimum atomic E-state index is -0.238. The predicted octanol–water partition coefficient (Wildman–Crippen LogP) is 4.57. The molecular weight excluding hydrogens is 391 g/mol. The summed E-state index contributed by atoms with van der Waals surface area (Å²) in [7, 11) is 0. The van der Waals surface area contributed by atoms with Crippen LogP contribution in [-0.2, 0) is 12.2 Å². The second-order valence-electron chi connectivity index (χ2n) is 5.59. The molecule has 0 aliphatic rings. The average molecular weight is 407 g/mol. The van der Waals surface area contributed by atoms with Crippen LogP contribution in [0.1, 0.15) is 11.1 Å². The number of halogens is 2. The van der Waals surface area contributed by atoms with Gasteiger partial charge in [0.15, 0.2) is 5.16 Å². The highest BCUT2D eigenvalue weighted by atomic mass is 35.5. The Hall–Kier alpha value is -1.79. The van der Waals surface area contributed by atoms with Crippen LogP contribution >= 0.6 is 35.0 Å². The summed E-state index contributed by atoms with van der Waals surface area (Å²) in [6.45, 7) is -0.122. The molecule has 0 bridgehead atoms. The quantitative estimate of drug-likeness (QED) is 0.464. The number of hydrogen-bond donors (Lipinski definition) is 2. The summed E-state index contributed by atoms with van der Waals surface area (Å²) in [5.74, 6) is 0.652. The van der Waals surface area contributed by atoms with Gasteiger partial charge in [0.05, 0.1) is 5.69 Å². The molecular formula is C19H16Cl2N2O2S. The summed E-state index contributed by atoms with van der Waals surface area (Å²) in [4.78, 5) is 19.9. The Labute approximate surface area is 165 Å². The van der Waals surface area contributed by atoms with E-state index in [-0.39, 0.29) is 18.6 Å². The maximum absolute atomic E-state index is 12.5. The molecule has 3 rings (SSSR count). The third kappa shape index (κ3) is 4.68. The lowest BCUT2D eigenvalue weighted by atomic mass is 10.1. The van der Waals surface area contributed by atoms with Crippen LogP contribution in [0.25, 0.3) is 11.3 Å². The molecule has 0 radical (unpaired) electrons. The molecule has 2 N–H and O–H groups in total. The lowest BCUT2D eigenvalue weighted by Crippen LogP contribution is -2.18. The Bertz CT molecular complexity index is 941.